The van der Waals surface area contributed by atoms with E-state index in [-0.39, 0.29) is 0 Å². The summed E-state index contributed by atoms with van der Waals surface area (Å²) in [6.45, 7) is 2.08. The largest absolute Gasteiger partial charge is 0.411 e. The van der Waals surface area contributed by atoms with Crippen molar-refractivity contribution in [3.8, 4) is 0 Å². The lowest BCUT2D eigenvalue weighted by atomic mass is 10.1. The molecular weight excluding hydrogens is 182 g/mol. The second kappa shape index (κ2) is 3.18. The van der Waals surface area contributed by atoms with Gasteiger partial charge in [0, 0.05) is 4.70 Å². The Balaban J connectivity index is 2.65. The van der Waals surface area contributed by atoms with Gasteiger partial charge in [-0.1, -0.05) is 11.2 Å². The average Bonchev–Trinajstić information content (AvgIpc) is 2.49. The number of oxime groups is 1. The van der Waals surface area contributed by atoms with Crippen LogP contribution in [0.2, 0.25) is 0 Å². The van der Waals surface area contributed by atoms with E-state index in [2.05, 4.69) is 17.5 Å². The number of benzene rings is 1. The molecule has 66 valence electrons. The lowest BCUT2D eigenvalue weighted by Gasteiger charge is -1.93. The van der Waals surface area contributed by atoms with E-state index in [1.165, 1.54) is 21.9 Å². The van der Waals surface area contributed by atoms with Crippen molar-refractivity contribution in [3.63, 3.8) is 0 Å². The van der Waals surface area contributed by atoms with Crippen molar-refractivity contribution in [1.82, 2.24) is 0 Å². The Bertz CT molecular complexity index is 459. The topological polar surface area (TPSA) is 32.6 Å². The Morgan fingerprint density at radius 3 is 3.08 bits per heavy atom. The van der Waals surface area contributed by atoms with Crippen LogP contribution in [0.5, 0.6) is 0 Å². The molecule has 1 aromatic carbocycles. The van der Waals surface area contributed by atoms with Crippen LogP contribution >= 0.6 is 11.3 Å². The zero-order valence-corrected chi connectivity index (χ0v) is 8.01. The van der Waals surface area contributed by atoms with Gasteiger partial charge in [0.15, 0.2) is 0 Å². The van der Waals surface area contributed by atoms with Crippen molar-refractivity contribution in [2.45, 2.75) is 6.92 Å². The first-order valence-corrected chi connectivity index (χ1v) is 4.84. The molecule has 1 heterocycles. The van der Waals surface area contributed by atoms with Gasteiger partial charge >= 0.3 is 0 Å². The van der Waals surface area contributed by atoms with E-state index in [0.29, 0.717) is 0 Å². The Hall–Kier alpha value is -1.35. The van der Waals surface area contributed by atoms with Gasteiger partial charge in [0.05, 0.1) is 6.21 Å². The minimum Gasteiger partial charge on any atom is -0.411 e. The molecule has 1 aromatic heterocycles. The molecule has 2 rings (SSSR count). The fourth-order valence-electron chi connectivity index (χ4n) is 1.32. The molecule has 0 atom stereocenters. The van der Waals surface area contributed by atoms with Crippen molar-refractivity contribution in [3.05, 3.63) is 34.7 Å². The molecule has 0 amide bonds. The zero-order valence-electron chi connectivity index (χ0n) is 7.19. The van der Waals surface area contributed by atoms with Gasteiger partial charge < -0.3 is 5.21 Å². The number of nitrogens with zero attached hydrogens (tertiary/aromatic N) is 1. The average molecular weight is 191 g/mol. The van der Waals surface area contributed by atoms with Gasteiger partial charge in [0.2, 0.25) is 0 Å². The molecule has 0 unspecified atom stereocenters. The van der Waals surface area contributed by atoms with E-state index < -0.39 is 0 Å². The van der Waals surface area contributed by atoms with Crippen LogP contribution in [0.15, 0.2) is 28.7 Å². The molecule has 0 fully saturated rings. The molecule has 0 aliphatic rings. The van der Waals surface area contributed by atoms with Gasteiger partial charge in [-0.15, -0.1) is 11.3 Å². The van der Waals surface area contributed by atoms with Crippen LogP contribution in [0.1, 0.15) is 11.1 Å². The monoisotopic (exact) mass is 191 g/mol. The van der Waals surface area contributed by atoms with Crippen LogP contribution in [0.3, 0.4) is 0 Å². The normalized spacial score (nSPS) is 11.5. The maximum absolute atomic E-state index is 8.38. The minimum atomic E-state index is 0.927. The molecule has 13 heavy (non-hydrogen) atoms. The lowest BCUT2D eigenvalue weighted by Crippen LogP contribution is -1.79. The third-order valence-electron chi connectivity index (χ3n) is 2.00. The van der Waals surface area contributed by atoms with E-state index >= 15 is 0 Å². The number of hydrogen-bond acceptors (Lipinski definition) is 3. The fraction of sp³-hybridized carbons (Fsp3) is 0.100. The molecule has 0 saturated heterocycles. The van der Waals surface area contributed by atoms with Crippen LogP contribution in [0.4, 0.5) is 0 Å². The molecule has 3 heteroatoms. The van der Waals surface area contributed by atoms with Crippen molar-refractivity contribution in [2.24, 2.45) is 5.16 Å². The van der Waals surface area contributed by atoms with Crippen LogP contribution in [0.25, 0.3) is 10.1 Å². The second-order valence-corrected chi connectivity index (χ2v) is 3.83. The smallest absolute Gasteiger partial charge is 0.0734 e. The summed E-state index contributed by atoms with van der Waals surface area (Å²) in [5.41, 5.74) is 2.20. The van der Waals surface area contributed by atoms with Crippen LogP contribution in [-0.4, -0.2) is 11.4 Å². The summed E-state index contributed by atoms with van der Waals surface area (Å²) in [6.07, 6.45) is 1.44. The minimum absolute atomic E-state index is 0.927. The molecule has 1 N–H and O–H groups in total. The summed E-state index contributed by atoms with van der Waals surface area (Å²) in [6, 6.07) is 6.02. The van der Waals surface area contributed by atoms with Crippen molar-refractivity contribution < 1.29 is 5.21 Å². The summed E-state index contributed by atoms with van der Waals surface area (Å²) in [5, 5.41) is 14.8. The van der Waals surface area contributed by atoms with Gasteiger partial charge in [0.1, 0.15) is 0 Å². The van der Waals surface area contributed by atoms with Crippen LogP contribution in [-0.2, 0) is 0 Å². The summed E-state index contributed by atoms with van der Waals surface area (Å²) >= 11 is 1.73. The van der Waals surface area contributed by atoms with Crippen molar-refractivity contribution in [1.29, 1.82) is 0 Å². The molecule has 0 saturated carbocycles. The number of aryl methyl sites for hydroxylation is 1. The molecule has 0 spiro atoms. The maximum Gasteiger partial charge on any atom is 0.0734 e. The number of hydrogen-bond donors (Lipinski definition) is 1. The lowest BCUT2D eigenvalue weighted by molar-refractivity contribution is 0.322. The highest BCUT2D eigenvalue weighted by Crippen LogP contribution is 2.25. The molecular formula is C10H9NOS. The molecule has 0 radical (unpaired) electrons. The van der Waals surface area contributed by atoms with Crippen LogP contribution < -0.4 is 0 Å². The number of rotatable bonds is 1. The van der Waals surface area contributed by atoms with E-state index in [1.807, 2.05) is 18.2 Å². The quantitative estimate of drug-likeness (QED) is 0.419. The summed E-state index contributed by atoms with van der Waals surface area (Å²) in [4.78, 5) is 0. The highest BCUT2D eigenvalue weighted by atomic mass is 32.1. The highest BCUT2D eigenvalue weighted by molar-refractivity contribution is 7.17. The molecule has 2 aromatic rings. The first-order valence-electron chi connectivity index (χ1n) is 3.96. The first-order chi connectivity index (χ1) is 6.31. The molecule has 0 bridgehead atoms. The van der Waals surface area contributed by atoms with E-state index in [9.17, 15) is 0 Å². The van der Waals surface area contributed by atoms with Gasteiger partial charge in [-0.05, 0) is 40.9 Å². The Labute approximate surface area is 80.1 Å². The summed E-state index contributed by atoms with van der Waals surface area (Å²) < 4.78 is 1.27. The molecule has 0 aliphatic carbocycles. The van der Waals surface area contributed by atoms with Crippen molar-refractivity contribution in [2.75, 3.05) is 0 Å². The first kappa shape index (κ1) is 8.26. The summed E-state index contributed by atoms with van der Waals surface area (Å²) in [7, 11) is 0. The standard InChI is InChI=1S/C10H9NOS/c1-7-6-13-10-3-2-8(5-11-12)4-9(7)10/h2-6,12H,1H3/b11-5+. The second-order valence-electron chi connectivity index (χ2n) is 2.92. The third kappa shape index (κ3) is 1.42. The predicted molar refractivity (Wildman–Crippen MR) is 55.9 cm³/mol. The highest BCUT2D eigenvalue weighted by Gasteiger charge is 1.99. The maximum atomic E-state index is 8.38. The Kier molecular flexibility index (Phi) is 2.02. The number of thiophene rings is 1. The van der Waals surface area contributed by atoms with Gasteiger partial charge in [0.25, 0.3) is 0 Å². The van der Waals surface area contributed by atoms with Crippen molar-refractivity contribution >= 4 is 27.6 Å². The van der Waals surface area contributed by atoms with E-state index in [0.717, 1.165) is 5.56 Å². The predicted octanol–water partition coefficient (Wildman–Crippen LogP) is 3.02. The van der Waals surface area contributed by atoms with Gasteiger partial charge in [-0.25, -0.2) is 0 Å². The molecule has 2 nitrogen and oxygen atoms in total. The molecule has 0 aliphatic heterocycles. The van der Waals surface area contributed by atoms with E-state index in [1.54, 1.807) is 11.3 Å². The van der Waals surface area contributed by atoms with Gasteiger partial charge in [-0.3, -0.25) is 0 Å². The SMILES string of the molecule is Cc1csc2ccc(/C=N/O)cc12. The summed E-state index contributed by atoms with van der Waals surface area (Å²) in [5.74, 6) is 0. The third-order valence-corrected chi connectivity index (χ3v) is 3.08. The van der Waals surface area contributed by atoms with Gasteiger partial charge in [-0.2, -0.15) is 0 Å². The zero-order chi connectivity index (χ0) is 9.26. The van der Waals surface area contributed by atoms with E-state index in [4.69, 9.17) is 5.21 Å². The Morgan fingerprint density at radius 1 is 1.46 bits per heavy atom. The van der Waals surface area contributed by atoms with Crippen LogP contribution in [0, 0.1) is 6.92 Å². The Morgan fingerprint density at radius 2 is 2.31 bits per heavy atom. The fourth-order valence-corrected chi connectivity index (χ4v) is 2.25. The number of fused-ring (bicyclic) bond motifs is 1.